The average molecular weight is 428 g/mol. The zero-order valence-corrected chi connectivity index (χ0v) is 16.7. The van der Waals surface area contributed by atoms with Crippen LogP contribution in [0.2, 0.25) is 0 Å². The molecule has 1 fully saturated rings. The van der Waals surface area contributed by atoms with Crippen molar-refractivity contribution in [2.45, 2.75) is 24.9 Å². The van der Waals surface area contributed by atoms with E-state index in [4.69, 9.17) is 4.74 Å². The SMILES string of the molecule is O=c1cc(-c2ccnc(NC3CCOCC3)n2)ccn1C(CO)c1cccc(F)c1F. The van der Waals surface area contributed by atoms with Crippen molar-refractivity contribution < 1.29 is 18.6 Å². The van der Waals surface area contributed by atoms with E-state index >= 15 is 0 Å². The van der Waals surface area contributed by atoms with E-state index < -0.39 is 29.8 Å². The van der Waals surface area contributed by atoms with Gasteiger partial charge in [0.25, 0.3) is 5.56 Å². The summed E-state index contributed by atoms with van der Waals surface area (Å²) in [5, 5.41) is 13.0. The second kappa shape index (κ2) is 9.32. The molecular formula is C22H22F2N4O3. The Hall–Kier alpha value is -3.17. The summed E-state index contributed by atoms with van der Waals surface area (Å²) in [7, 11) is 0. The number of nitrogens with zero attached hydrogens (tertiary/aromatic N) is 3. The van der Waals surface area contributed by atoms with E-state index in [9.17, 15) is 18.7 Å². The quantitative estimate of drug-likeness (QED) is 0.628. The van der Waals surface area contributed by atoms with Gasteiger partial charge in [0.1, 0.15) is 0 Å². The first-order valence-electron chi connectivity index (χ1n) is 10.0. The molecule has 1 saturated heterocycles. The molecule has 7 nitrogen and oxygen atoms in total. The lowest BCUT2D eigenvalue weighted by Gasteiger charge is -2.23. The number of aromatic nitrogens is 3. The number of ether oxygens (including phenoxy) is 1. The van der Waals surface area contributed by atoms with Crippen LogP contribution in [-0.4, -0.2) is 45.5 Å². The fourth-order valence-corrected chi connectivity index (χ4v) is 3.63. The maximum absolute atomic E-state index is 14.2. The third-order valence-corrected chi connectivity index (χ3v) is 5.30. The molecule has 0 aliphatic carbocycles. The largest absolute Gasteiger partial charge is 0.394 e. The van der Waals surface area contributed by atoms with Crippen LogP contribution in [0, 0.1) is 11.6 Å². The summed E-state index contributed by atoms with van der Waals surface area (Å²) in [4.78, 5) is 21.5. The summed E-state index contributed by atoms with van der Waals surface area (Å²) in [6, 6.07) is 7.52. The highest BCUT2D eigenvalue weighted by Gasteiger charge is 2.21. The van der Waals surface area contributed by atoms with Crippen LogP contribution in [0.4, 0.5) is 14.7 Å². The minimum Gasteiger partial charge on any atom is -0.394 e. The molecule has 3 aromatic rings. The molecule has 1 aliphatic rings. The Morgan fingerprint density at radius 2 is 2.03 bits per heavy atom. The Labute approximate surface area is 177 Å². The number of hydrogen-bond donors (Lipinski definition) is 2. The summed E-state index contributed by atoms with van der Waals surface area (Å²) >= 11 is 0. The molecule has 9 heteroatoms. The molecule has 2 N–H and O–H groups in total. The fraction of sp³-hybridized carbons (Fsp3) is 0.318. The number of halogens is 2. The Bertz CT molecular complexity index is 1120. The maximum atomic E-state index is 14.2. The lowest BCUT2D eigenvalue weighted by molar-refractivity contribution is 0.0903. The summed E-state index contributed by atoms with van der Waals surface area (Å²) in [6.45, 7) is 0.813. The van der Waals surface area contributed by atoms with Gasteiger partial charge in [-0.25, -0.2) is 18.7 Å². The number of nitrogens with one attached hydrogen (secondary N) is 1. The van der Waals surface area contributed by atoms with Gasteiger partial charge in [-0.2, -0.15) is 0 Å². The molecule has 0 radical (unpaired) electrons. The summed E-state index contributed by atoms with van der Waals surface area (Å²) in [5.41, 5.74) is 0.529. The third kappa shape index (κ3) is 4.62. The first-order chi connectivity index (χ1) is 15.1. The number of hydrogen-bond acceptors (Lipinski definition) is 6. The first kappa shape index (κ1) is 21.1. The topological polar surface area (TPSA) is 89.3 Å². The third-order valence-electron chi connectivity index (χ3n) is 5.30. The van der Waals surface area contributed by atoms with Crippen LogP contribution in [0.3, 0.4) is 0 Å². The zero-order chi connectivity index (χ0) is 21.8. The molecular weight excluding hydrogens is 406 g/mol. The van der Waals surface area contributed by atoms with Gasteiger partial charge in [0.2, 0.25) is 5.95 Å². The highest BCUT2D eigenvalue weighted by Crippen LogP contribution is 2.23. The van der Waals surface area contributed by atoms with Gasteiger partial charge in [0.05, 0.1) is 18.3 Å². The second-order valence-electron chi connectivity index (χ2n) is 7.30. The Balaban J connectivity index is 1.61. The molecule has 0 amide bonds. The van der Waals surface area contributed by atoms with Gasteiger partial charge in [0, 0.05) is 48.8 Å². The van der Waals surface area contributed by atoms with Crippen LogP contribution < -0.4 is 10.9 Å². The number of aliphatic hydroxyl groups excluding tert-OH is 1. The molecule has 1 unspecified atom stereocenters. The van der Waals surface area contributed by atoms with Gasteiger partial charge in [0.15, 0.2) is 11.6 Å². The van der Waals surface area contributed by atoms with Gasteiger partial charge in [-0.05, 0) is 31.0 Å². The van der Waals surface area contributed by atoms with Crippen LogP contribution >= 0.6 is 0 Å². The fourth-order valence-electron chi connectivity index (χ4n) is 3.63. The van der Waals surface area contributed by atoms with Crippen molar-refractivity contribution in [3.8, 4) is 11.3 Å². The van der Waals surface area contributed by atoms with Gasteiger partial charge in [-0.3, -0.25) is 4.79 Å². The zero-order valence-electron chi connectivity index (χ0n) is 16.7. The lowest BCUT2D eigenvalue weighted by atomic mass is 10.1. The number of rotatable bonds is 6. The van der Waals surface area contributed by atoms with Crippen molar-refractivity contribution in [3.05, 3.63) is 76.3 Å². The minimum atomic E-state index is -1.09. The van der Waals surface area contributed by atoms with Gasteiger partial charge in [-0.15, -0.1) is 0 Å². The van der Waals surface area contributed by atoms with Crippen LogP contribution in [0.1, 0.15) is 24.4 Å². The number of pyridine rings is 1. The molecule has 2 aromatic heterocycles. The first-order valence-corrected chi connectivity index (χ1v) is 10.0. The van der Waals surface area contributed by atoms with Crippen molar-refractivity contribution in [2.75, 3.05) is 25.1 Å². The number of benzene rings is 1. The van der Waals surface area contributed by atoms with E-state index in [-0.39, 0.29) is 11.6 Å². The minimum absolute atomic E-state index is 0.0951. The van der Waals surface area contributed by atoms with Gasteiger partial charge < -0.3 is 19.7 Å². The molecule has 162 valence electrons. The van der Waals surface area contributed by atoms with Gasteiger partial charge in [-0.1, -0.05) is 12.1 Å². The van der Waals surface area contributed by atoms with E-state index in [2.05, 4.69) is 15.3 Å². The lowest BCUT2D eigenvalue weighted by Crippen LogP contribution is -2.28. The summed E-state index contributed by atoms with van der Waals surface area (Å²) in [5.74, 6) is -1.66. The molecule has 31 heavy (non-hydrogen) atoms. The predicted octanol–water partition coefficient (Wildman–Crippen LogP) is 2.76. The van der Waals surface area contributed by atoms with E-state index in [1.807, 2.05) is 0 Å². The van der Waals surface area contributed by atoms with Crippen molar-refractivity contribution in [2.24, 2.45) is 0 Å². The van der Waals surface area contributed by atoms with Crippen LogP contribution in [0.25, 0.3) is 11.3 Å². The van der Waals surface area contributed by atoms with Crippen LogP contribution in [0.5, 0.6) is 0 Å². The maximum Gasteiger partial charge on any atom is 0.251 e. The molecule has 1 atom stereocenters. The van der Waals surface area contributed by atoms with Crippen molar-refractivity contribution >= 4 is 5.95 Å². The van der Waals surface area contributed by atoms with E-state index in [1.54, 1.807) is 18.3 Å². The highest BCUT2D eigenvalue weighted by molar-refractivity contribution is 5.59. The Morgan fingerprint density at radius 1 is 1.23 bits per heavy atom. The second-order valence-corrected chi connectivity index (χ2v) is 7.30. The molecule has 3 heterocycles. The molecule has 1 aliphatic heterocycles. The molecule has 1 aromatic carbocycles. The normalized spacial score (nSPS) is 15.6. The van der Waals surface area contributed by atoms with E-state index in [1.165, 1.54) is 29.0 Å². The van der Waals surface area contributed by atoms with Gasteiger partial charge >= 0.3 is 0 Å². The Kier molecular flexibility index (Phi) is 6.34. The van der Waals surface area contributed by atoms with Crippen LogP contribution in [0.15, 0.2) is 53.6 Å². The molecule has 0 bridgehead atoms. The smallest absolute Gasteiger partial charge is 0.251 e. The van der Waals surface area contributed by atoms with Crippen molar-refractivity contribution in [1.29, 1.82) is 0 Å². The molecule has 0 spiro atoms. The van der Waals surface area contributed by atoms with Crippen LogP contribution in [-0.2, 0) is 4.74 Å². The Morgan fingerprint density at radius 3 is 2.77 bits per heavy atom. The molecule has 4 rings (SSSR count). The summed E-state index contributed by atoms with van der Waals surface area (Å²) in [6.07, 6.45) is 4.77. The number of aliphatic hydroxyl groups is 1. The van der Waals surface area contributed by atoms with E-state index in [0.29, 0.717) is 30.4 Å². The monoisotopic (exact) mass is 428 g/mol. The van der Waals surface area contributed by atoms with Crippen molar-refractivity contribution in [3.63, 3.8) is 0 Å². The molecule has 0 saturated carbocycles. The average Bonchev–Trinajstić information content (AvgIpc) is 2.79. The predicted molar refractivity (Wildman–Crippen MR) is 111 cm³/mol. The highest BCUT2D eigenvalue weighted by atomic mass is 19.2. The van der Waals surface area contributed by atoms with E-state index in [0.717, 1.165) is 18.9 Å². The summed E-state index contributed by atoms with van der Waals surface area (Å²) < 4.78 is 34.3. The number of anilines is 1. The van der Waals surface area contributed by atoms with Crippen molar-refractivity contribution in [1.82, 2.24) is 14.5 Å². The standard InChI is InChI=1S/C22H22F2N4O3/c23-17-3-1-2-16(21(17)24)19(13-29)28-9-5-14(12-20(28)30)18-4-8-25-22(27-18)26-15-6-10-31-11-7-15/h1-5,8-9,12,15,19,29H,6-7,10-11,13H2,(H,25,26,27).